The second-order valence-corrected chi connectivity index (χ2v) is 9.28. The van der Waals surface area contributed by atoms with E-state index in [1.54, 1.807) is 0 Å². The second kappa shape index (κ2) is 7.79. The van der Waals surface area contributed by atoms with Crippen molar-refractivity contribution in [3.63, 3.8) is 0 Å². The molecule has 0 radical (unpaired) electrons. The molecule has 0 N–H and O–H groups in total. The van der Waals surface area contributed by atoms with E-state index in [0.717, 1.165) is 29.2 Å². The van der Waals surface area contributed by atoms with Crippen molar-refractivity contribution in [1.29, 1.82) is 0 Å². The Balaban J connectivity index is 1.42. The third-order valence-corrected chi connectivity index (χ3v) is 7.34. The highest BCUT2D eigenvalue weighted by Gasteiger charge is 2.31. The number of sulfonamides is 1. The van der Waals surface area contributed by atoms with Crippen molar-refractivity contribution in [2.75, 3.05) is 26.2 Å². The fourth-order valence-corrected chi connectivity index (χ4v) is 5.23. The molecule has 1 fully saturated rings. The monoisotopic (exact) mass is 437 g/mol. The van der Waals surface area contributed by atoms with Gasteiger partial charge < -0.3 is 9.64 Å². The fourth-order valence-electron chi connectivity index (χ4n) is 3.81. The molecule has 3 aromatic carbocycles. The summed E-state index contributed by atoms with van der Waals surface area (Å²) < 4.78 is 46.6. The van der Waals surface area contributed by atoms with Crippen LogP contribution in [0.1, 0.15) is 5.56 Å². The van der Waals surface area contributed by atoms with Crippen LogP contribution in [0.4, 0.5) is 10.1 Å². The summed E-state index contributed by atoms with van der Waals surface area (Å²) in [6, 6.07) is 20.2. The maximum absolute atomic E-state index is 13.2. The summed E-state index contributed by atoms with van der Waals surface area (Å²) in [5.41, 5.74) is 1.60. The maximum atomic E-state index is 13.2. The number of rotatable bonds is 2. The average molecular weight is 437 g/mol. The lowest BCUT2D eigenvalue weighted by Gasteiger charge is -2.35. The molecular weight excluding hydrogens is 417 g/mol. The maximum Gasteiger partial charge on any atom is 0.243 e. The van der Waals surface area contributed by atoms with Crippen molar-refractivity contribution in [2.45, 2.75) is 4.90 Å². The minimum atomic E-state index is -3.67. The van der Waals surface area contributed by atoms with Crippen LogP contribution in [-0.4, -0.2) is 49.6 Å². The molecule has 1 saturated heterocycles. The van der Waals surface area contributed by atoms with E-state index in [2.05, 4.69) is 4.90 Å². The zero-order valence-corrected chi connectivity index (χ0v) is 17.4. The quantitative estimate of drug-likeness (QED) is 0.608. The molecule has 31 heavy (non-hydrogen) atoms. The SMILES string of the molecule is O=S(=O)(c1ccc(F)cc1)N1CCN(C2=Nc3ccccc3Oc3ccccc32)CC1. The van der Waals surface area contributed by atoms with Crippen molar-refractivity contribution in [3.8, 4) is 11.5 Å². The molecule has 6 nitrogen and oxygen atoms in total. The Labute approximate surface area is 180 Å². The van der Waals surface area contributed by atoms with Crippen molar-refractivity contribution in [1.82, 2.24) is 9.21 Å². The van der Waals surface area contributed by atoms with Gasteiger partial charge in [0, 0.05) is 26.2 Å². The van der Waals surface area contributed by atoms with Gasteiger partial charge in [-0.3, -0.25) is 0 Å². The number of ether oxygens (including phenoxy) is 1. The Kier molecular flexibility index (Phi) is 4.95. The van der Waals surface area contributed by atoms with E-state index >= 15 is 0 Å². The molecular formula is C23H20FN3O3S. The van der Waals surface area contributed by atoms with Crippen LogP contribution in [0.2, 0.25) is 0 Å². The topological polar surface area (TPSA) is 62.2 Å². The highest BCUT2D eigenvalue weighted by atomic mass is 32.2. The van der Waals surface area contributed by atoms with Crippen LogP contribution in [0.15, 0.2) is 82.7 Å². The van der Waals surface area contributed by atoms with Gasteiger partial charge in [-0.25, -0.2) is 17.8 Å². The van der Waals surface area contributed by atoms with Crippen LogP contribution in [0.5, 0.6) is 11.5 Å². The number of aliphatic imine (C=N–C) groups is 1. The van der Waals surface area contributed by atoms with E-state index in [1.807, 2.05) is 48.5 Å². The largest absolute Gasteiger partial charge is 0.454 e. The molecule has 0 aromatic heterocycles. The number of halogens is 1. The van der Waals surface area contributed by atoms with Crippen LogP contribution in [-0.2, 0) is 10.0 Å². The molecule has 2 heterocycles. The predicted octanol–water partition coefficient (Wildman–Crippen LogP) is 4.02. The van der Waals surface area contributed by atoms with Gasteiger partial charge in [0.05, 0.1) is 10.5 Å². The first kappa shape index (κ1) is 19.7. The van der Waals surface area contributed by atoms with Crippen LogP contribution in [0, 0.1) is 5.82 Å². The van der Waals surface area contributed by atoms with Gasteiger partial charge in [-0.05, 0) is 48.5 Å². The zero-order valence-electron chi connectivity index (χ0n) is 16.6. The standard InChI is InChI=1S/C23H20FN3O3S/c24-17-9-11-18(12-10-17)31(28,29)27-15-13-26(14-16-27)23-19-5-1-3-7-21(19)30-22-8-4-2-6-20(22)25-23/h1-12H,13-16H2. The first-order valence-corrected chi connectivity index (χ1v) is 11.4. The molecule has 3 aromatic rings. The summed E-state index contributed by atoms with van der Waals surface area (Å²) in [4.78, 5) is 7.05. The van der Waals surface area contributed by atoms with Gasteiger partial charge in [0.2, 0.25) is 10.0 Å². The predicted molar refractivity (Wildman–Crippen MR) is 116 cm³/mol. The van der Waals surface area contributed by atoms with Crippen molar-refractivity contribution in [2.24, 2.45) is 4.99 Å². The molecule has 0 aliphatic carbocycles. The Morgan fingerprint density at radius 2 is 1.45 bits per heavy atom. The number of nitrogens with zero attached hydrogens (tertiary/aromatic N) is 3. The number of fused-ring (bicyclic) bond motifs is 2. The van der Waals surface area contributed by atoms with E-state index in [0.29, 0.717) is 37.7 Å². The highest BCUT2D eigenvalue weighted by Crippen LogP contribution is 2.38. The van der Waals surface area contributed by atoms with Crippen molar-refractivity contribution >= 4 is 21.5 Å². The minimum absolute atomic E-state index is 0.0989. The lowest BCUT2D eigenvalue weighted by Crippen LogP contribution is -2.50. The van der Waals surface area contributed by atoms with Gasteiger partial charge in [-0.15, -0.1) is 0 Å². The van der Waals surface area contributed by atoms with Crippen LogP contribution in [0.3, 0.4) is 0 Å². The summed E-state index contributed by atoms with van der Waals surface area (Å²) in [5, 5.41) is 0. The third kappa shape index (κ3) is 3.68. The van der Waals surface area contributed by atoms with Gasteiger partial charge in [-0.1, -0.05) is 24.3 Å². The molecule has 2 aliphatic heterocycles. The average Bonchev–Trinajstić information content (AvgIpc) is 2.96. The highest BCUT2D eigenvalue weighted by molar-refractivity contribution is 7.89. The fraction of sp³-hybridized carbons (Fsp3) is 0.174. The summed E-state index contributed by atoms with van der Waals surface area (Å²) in [6.07, 6.45) is 0. The number of amidine groups is 1. The number of para-hydroxylation sites is 3. The van der Waals surface area contributed by atoms with Gasteiger partial charge in [-0.2, -0.15) is 4.31 Å². The van der Waals surface area contributed by atoms with Crippen LogP contribution < -0.4 is 4.74 Å². The Bertz CT molecular complexity index is 1250. The zero-order chi connectivity index (χ0) is 21.4. The molecule has 8 heteroatoms. The van der Waals surface area contributed by atoms with Crippen molar-refractivity contribution < 1.29 is 17.5 Å². The van der Waals surface area contributed by atoms with Crippen LogP contribution >= 0.6 is 0 Å². The smallest absolute Gasteiger partial charge is 0.243 e. The molecule has 0 unspecified atom stereocenters. The van der Waals surface area contributed by atoms with E-state index in [-0.39, 0.29) is 4.90 Å². The molecule has 0 spiro atoms. The molecule has 2 aliphatic rings. The van der Waals surface area contributed by atoms with E-state index in [4.69, 9.17) is 9.73 Å². The minimum Gasteiger partial charge on any atom is -0.454 e. The summed E-state index contributed by atoms with van der Waals surface area (Å²) in [5.74, 6) is 1.70. The lowest BCUT2D eigenvalue weighted by molar-refractivity contribution is 0.266. The Hall–Kier alpha value is -3.23. The van der Waals surface area contributed by atoms with Gasteiger partial charge in [0.1, 0.15) is 23.1 Å². The molecule has 0 amide bonds. The molecule has 0 atom stereocenters. The molecule has 0 saturated carbocycles. The molecule has 158 valence electrons. The van der Waals surface area contributed by atoms with Gasteiger partial charge >= 0.3 is 0 Å². The number of hydrogen-bond acceptors (Lipinski definition) is 5. The Morgan fingerprint density at radius 3 is 2.19 bits per heavy atom. The summed E-state index contributed by atoms with van der Waals surface area (Å²) in [6.45, 7) is 1.58. The number of benzene rings is 3. The molecule has 5 rings (SSSR count). The first-order chi connectivity index (χ1) is 15.0. The number of piperazine rings is 1. The molecule has 0 bridgehead atoms. The third-order valence-electron chi connectivity index (χ3n) is 5.43. The summed E-state index contributed by atoms with van der Waals surface area (Å²) >= 11 is 0. The first-order valence-electron chi connectivity index (χ1n) is 9.98. The van der Waals surface area contributed by atoms with Crippen LogP contribution in [0.25, 0.3) is 0 Å². The van der Waals surface area contributed by atoms with Gasteiger partial charge in [0.15, 0.2) is 5.75 Å². The second-order valence-electron chi connectivity index (χ2n) is 7.35. The lowest BCUT2D eigenvalue weighted by atomic mass is 10.1. The van der Waals surface area contributed by atoms with Crippen molar-refractivity contribution in [3.05, 3.63) is 84.2 Å². The van der Waals surface area contributed by atoms with Gasteiger partial charge in [0.25, 0.3) is 0 Å². The summed E-state index contributed by atoms with van der Waals surface area (Å²) in [7, 11) is -3.67. The van der Waals surface area contributed by atoms with E-state index in [1.165, 1.54) is 16.4 Å². The van der Waals surface area contributed by atoms with E-state index < -0.39 is 15.8 Å². The van der Waals surface area contributed by atoms with E-state index in [9.17, 15) is 12.8 Å². The Morgan fingerprint density at radius 1 is 0.806 bits per heavy atom. The normalized spacial score (nSPS) is 16.5. The number of hydrogen-bond donors (Lipinski definition) is 0.